The molecule has 0 heterocycles. The predicted molar refractivity (Wildman–Crippen MR) is 40.7 cm³/mol. The SMILES string of the molecule is Cl[N+](Cl)C1CCCCC1. The molecular formula is C6H11Cl2N+. The highest BCUT2D eigenvalue weighted by atomic mass is 35.5. The molecule has 0 N–H and O–H groups in total. The number of hydrogen-bond donors (Lipinski definition) is 0. The number of nitrogens with zero attached hydrogens (tertiary/aromatic N) is 1. The van der Waals surface area contributed by atoms with Gasteiger partial charge < -0.3 is 0 Å². The summed E-state index contributed by atoms with van der Waals surface area (Å²) in [5, 5.41) is 0. The summed E-state index contributed by atoms with van der Waals surface area (Å²) in [6, 6.07) is 0.419. The standard InChI is InChI=1S/C6H11Cl2N/c7-9(8)6-4-2-1-3-5-6/h6H,1-5H2/q+1. The molecule has 0 amide bonds. The lowest BCUT2D eigenvalue weighted by atomic mass is 9.96. The third-order valence-electron chi connectivity index (χ3n) is 1.85. The van der Waals surface area contributed by atoms with Crippen LogP contribution in [0, 0.1) is 0 Å². The molecule has 0 aromatic heterocycles. The van der Waals surface area contributed by atoms with E-state index in [4.69, 9.17) is 23.6 Å². The summed E-state index contributed by atoms with van der Waals surface area (Å²) in [7, 11) is 0. The first-order chi connectivity index (χ1) is 4.30. The van der Waals surface area contributed by atoms with Crippen LogP contribution < -0.4 is 3.94 Å². The monoisotopic (exact) mass is 167 g/mol. The van der Waals surface area contributed by atoms with E-state index in [1.807, 2.05) is 0 Å². The zero-order valence-corrected chi connectivity index (χ0v) is 6.83. The summed E-state index contributed by atoms with van der Waals surface area (Å²) in [6.45, 7) is 0. The molecule has 9 heavy (non-hydrogen) atoms. The van der Waals surface area contributed by atoms with Gasteiger partial charge in [0.2, 0.25) is 23.6 Å². The Labute approximate surface area is 66.1 Å². The molecule has 0 aromatic carbocycles. The van der Waals surface area contributed by atoms with Gasteiger partial charge >= 0.3 is 0 Å². The minimum atomic E-state index is 0.419. The Kier molecular flexibility index (Phi) is 3.10. The minimum Gasteiger partial charge on any atom is -0.0528 e. The minimum absolute atomic E-state index is 0.419. The Morgan fingerprint density at radius 1 is 1.00 bits per heavy atom. The molecule has 0 unspecified atom stereocenters. The van der Waals surface area contributed by atoms with Crippen molar-refractivity contribution >= 4 is 23.6 Å². The van der Waals surface area contributed by atoms with Crippen molar-refractivity contribution in [3.8, 4) is 0 Å². The first-order valence-electron chi connectivity index (χ1n) is 3.41. The summed E-state index contributed by atoms with van der Waals surface area (Å²) in [5.74, 6) is 0. The Bertz CT molecular complexity index is 79.1. The van der Waals surface area contributed by atoms with Crippen LogP contribution in [0.2, 0.25) is 0 Å². The molecule has 1 radical (unpaired) electrons. The molecule has 0 atom stereocenters. The largest absolute Gasteiger partial charge is 0.250 e. The van der Waals surface area contributed by atoms with E-state index < -0.39 is 0 Å². The summed E-state index contributed by atoms with van der Waals surface area (Å²) in [4.78, 5) is 0. The van der Waals surface area contributed by atoms with Crippen LogP contribution in [-0.2, 0) is 0 Å². The maximum atomic E-state index is 5.56. The van der Waals surface area contributed by atoms with Gasteiger partial charge in [0.25, 0.3) is 0 Å². The fraction of sp³-hybridized carbons (Fsp3) is 1.00. The molecule has 3 heteroatoms. The highest BCUT2D eigenvalue weighted by molar-refractivity contribution is 6.37. The predicted octanol–water partition coefficient (Wildman–Crippen LogP) is 2.77. The molecule has 1 nitrogen and oxygen atoms in total. The second kappa shape index (κ2) is 3.65. The van der Waals surface area contributed by atoms with Crippen molar-refractivity contribution < 1.29 is 0 Å². The molecule has 1 rings (SSSR count). The molecule has 0 spiro atoms. The molecule has 0 aromatic rings. The Balaban J connectivity index is 2.23. The van der Waals surface area contributed by atoms with Gasteiger partial charge in [0.05, 0.1) is 3.94 Å². The smallest absolute Gasteiger partial charge is 0.0528 e. The molecule has 1 saturated carbocycles. The lowest BCUT2D eigenvalue weighted by Gasteiger charge is -2.14. The quantitative estimate of drug-likeness (QED) is 0.531. The van der Waals surface area contributed by atoms with Crippen LogP contribution in [0.15, 0.2) is 0 Å². The van der Waals surface area contributed by atoms with Crippen LogP contribution in [-0.4, -0.2) is 6.04 Å². The van der Waals surface area contributed by atoms with E-state index in [2.05, 4.69) is 0 Å². The maximum absolute atomic E-state index is 5.56. The lowest BCUT2D eigenvalue weighted by molar-refractivity contribution is 0.397. The molecule has 0 bridgehead atoms. The van der Waals surface area contributed by atoms with E-state index in [-0.39, 0.29) is 0 Å². The van der Waals surface area contributed by atoms with Crippen LogP contribution in [0.1, 0.15) is 32.1 Å². The fourth-order valence-electron chi connectivity index (χ4n) is 1.28. The average Bonchev–Trinajstić information content (AvgIpc) is 1.90. The molecular weight excluding hydrogens is 157 g/mol. The molecule has 0 aliphatic heterocycles. The highest BCUT2D eigenvalue weighted by Gasteiger charge is 2.27. The summed E-state index contributed by atoms with van der Waals surface area (Å²) in [6.07, 6.45) is 6.22. The van der Waals surface area contributed by atoms with E-state index in [1.165, 1.54) is 23.2 Å². The third-order valence-corrected chi connectivity index (χ3v) is 2.40. The second-order valence-corrected chi connectivity index (χ2v) is 3.45. The van der Waals surface area contributed by atoms with Crippen molar-refractivity contribution in [3.05, 3.63) is 0 Å². The average molecular weight is 168 g/mol. The zero-order chi connectivity index (χ0) is 6.69. The normalized spacial score (nSPS) is 23.0. The van der Waals surface area contributed by atoms with Crippen LogP contribution in [0.3, 0.4) is 0 Å². The fourth-order valence-corrected chi connectivity index (χ4v) is 1.67. The van der Waals surface area contributed by atoms with E-state index in [9.17, 15) is 0 Å². The Hall–Kier alpha value is 0.540. The maximum Gasteiger partial charge on any atom is 0.250 e. The van der Waals surface area contributed by atoms with Crippen molar-refractivity contribution in [2.45, 2.75) is 38.1 Å². The second-order valence-electron chi connectivity index (χ2n) is 2.55. The van der Waals surface area contributed by atoms with Gasteiger partial charge in [0, 0.05) is 12.8 Å². The molecule has 1 fully saturated rings. The zero-order valence-electron chi connectivity index (χ0n) is 5.32. The van der Waals surface area contributed by atoms with Gasteiger partial charge in [-0.05, 0) is 12.8 Å². The van der Waals surface area contributed by atoms with Gasteiger partial charge in [0.1, 0.15) is 0 Å². The number of rotatable bonds is 1. The number of halogens is 2. The van der Waals surface area contributed by atoms with Crippen LogP contribution in [0.25, 0.3) is 0 Å². The van der Waals surface area contributed by atoms with E-state index in [1.54, 1.807) is 0 Å². The van der Waals surface area contributed by atoms with Crippen molar-refractivity contribution in [2.24, 2.45) is 0 Å². The van der Waals surface area contributed by atoms with Crippen LogP contribution in [0.5, 0.6) is 0 Å². The summed E-state index contributed by atoms with van der Waals surface area (Å²) in [5.41, 5.74) is 0. The van der Waals surface area contributed by atoms with Gasteiger partial charge in [0.15, 0.2) is 6.04 Å². The Morgan fingerprint density at radius 2 is 1.56 bits per heavy atom. The lowest BCUT2D eigenvalue weighted by Crippen LogP contribution is -2.25. The van der Waals surface area contributed by atoms with Crippen molar-refractivity contribution in [1.82, 2.24) is 3.94 Å². The summed E-state index contributed by atoms with van der Waals surface area (Å²) >= 11 is 11.1. The van der Waals surface area contributed by atoms with E-state index >= 15 is 0 Å². The van der Waals surface area contributed by atoms with Crippen molar-refractivity contribution in [3.63, 3.8) is 0 Å². The highest BCUT2D eigenvalue weighted by Crippen LogP contribution is 2.22. The molecule has 0 saturated heterocycles. The van der Waals surface area contributed by atoms with E-state index in [0.29, 0.717) is 6.04 Å². The third kappa shape index (κ3) is 2.32. The van der Waals surface area contributed by atoms with Crippen LogP contribution in [0.4, 0.5) is 0 Å². The number of hydrogen-bond acceptors (Lipinski definition) is 1. The van der Waals surface area contributed by atoms with Gasteiger partial charge in [-0.3, -0.25) is 0 Å². The van der Waals surface area contributed by atoms with E-state index in [0.717, 1.165) is 12.8 Å². The van der Waals surface area contributed by atoms with Crippen molar-refractivity contribution in [1.29, 1.82) is 0 Å². The molecule has 53 valence electrons. The Morgan fingerprint density at radius 3 is 1.89 bits per heavy atom. The first-order valence-corrected chi connectivity index (χ1v) is 4.09. The molecule has 1 aliphatic rings. The van der Waals surface area contributed by atoms with Gasteiger partial charge in [-0.2, -0.15) is 0 Å². The first kappa shape index (κ1) is 7.64. The van der Waals surface area contributed by atoms with Gasteiger partial charge in [-0.1, -0.05) is 6.42 Å². The topological polar surface area (TPSA) is 5.90 Å². The molecule has 1 aliphatic carbocycles. The van der Waals surface area contributed by atoms with Gasteiger partial charge in [-0.15, -0.1) is 0 Å². The summed E-state index contributed by atoms with van der Waals surface area (Å²) < 4.78 is 1.30. The van der Waals surface area contributed by atoms with Crippen LogP contribution >= 0.6 is 23.6 Å². The van der Waals surface area contributed by atoms with Gasteiger partial charge in [-0.25, -0.2) is 0 Å². The van der Waals surface area contributed by atoms with Crippen molar-refractivity contribution in [2.75, 3.05) is 0 Å².